The molecule has 1 rings (SSSR count). The highest BCUT2D eigenvalue weighted by molar-refractivity contribution is 5.94. The van der Waals surface area contributed by atoms with Crippen LogP contribution in [0.4, 0.5) is 5.95 Å². The molecule has 0 spiro atoms. The van der Waals surface area contributed by atoms with E-state index in [1.807, 2.05) is 27.7 Å². The molecule has 15 heavy (non-hydrogen) atoms. The Balaban J connectivity index is 2.90. The molecule has 0 atom stereocenters. The zero-order valence-electron chi connectivity index (χ0n) is 9.90. The summed E-state index contributed by atoms with van der Waals surface area (Å²) in [5.41, 5.74) is 0.568. The van der Waals surface area contributed by atoms with Crippen LogP contribution >= 0.6 is 0 Å². The molecular formula is C11H17N3O. The van der Waals surface area contributed by atoms with E-state index in [-0.39, 0.29) is 5.91 Å². The third kappa shape index (κ3) is 2.75. The Morgan fingerprint density at radius 2 is 1.73 bits per heavy atom. The molecule has 82 valence electrons. The van der Waals surface area contributed by atoms with Gasteiger partial charge in [-0.3, -0.25) is 9.69 Å². The molecule has 0 aliphatic rings. The lowest BCUT2D eigenvalue weighted by Crippen LogP contribution is -2.37. The predicted molar refractivity (Wildman–Crippen MR) is 59.6 cm³/mol. The fourth-order valence-electron chi connectivity index (χ4n) is 1.15. The van der Waals surface area contributed by atoms with Crippen molar-refractivity contribution in [1.29, 1.82) is 0 Å². The fraction of sp³-hybridized carbons (Fsp3) is 0.545. The van der Waals surface area contributed by atoms with Gasteiger partial charge in [-0.2, -0.15) is 0 Å². The van der Waals surface area contributed by atoms with Crippen molar-refractivity contribution >= 4 is 11.9 Å². The molecule has 1 aromatic rings. The maximum absolute atomic E-state index is 11.9. The number of aromatic nitrogens is 2. The van der Waals surface area contributed by atoms with Crippen molar-refractivity contribution in [2.24, 2.45) is 5.41 Å². The van der Waals surface area contributed by atoms with Gasteiger partial charge < -0.3 is 0 Å². The number of rotatable bonds is 1. The summed E-state index contributed by atoms with van der Waals surface area (Å²) in [4.78, 5) is 21.6. The Bertz CT molecular complexity index is 351. The first-order valence-electron chi connectivity index (χ1n) is 4.89. The normalized spacial score (nSPS) is 11.3. The molecule has 0 saturated heterocycles. The molecule has 1 aromatic heterocycles. The maximum Gasteiger partial charge on any atom is 0.234 e. The van der Waals surface area contributed by atoms with E-state index in [0.717, 1.165) is 5.56 Å². The van der Waals surface area contributed by atoms with Gasteiger partial charge in [0.15, 0.2) is 0 Å². The molecule has 0 radical (unpaired) electrons. The quantitative estimate of drug-likeness (QED) is 0.705. The minimum absolute atomic E-state index is 0.00588. The largest absolute Gasteiger partial charge is 0.283 e. The second-order valence-corrected chi connectivity index (χ2v) is 4.67. The molecular weight excluding hydrogens is 190 g/mol. The summed E-state index contributed by atoms with van der Waals surface area (Å²) in [7, 11) is 1.69. The second-order valence-electron chi connectivity index (χ2n) is 4.67. The van der Waals surface area contributed by atoms with Crippen LogP contribution in [0.3, 0.4) is 0 Å². The van der Waals surface area contributed by atoms with Crippen molar-refractivity contribution in [1.82, 2.24) is 9.97 Å². The summed E-state index contributed by atoms with van der Waals surface area (Å²) < 4.78 is 0. The average molecular weight is 207 g/mol. The third-order valence-electron chi connectivity index (χ3n) is 2.01. The number of carbonyl (C=O) groups excluding carboxylic acids is 1. The molecule has 0 N–H and O–H groups in total. The highest BCUT2D eigenvalue weighted by Crippen LogP contribution is 2.18. The van der Waals surface area contributed by atoms with Crippen LogP contribution in [-0.2, 0) is 4.79 Å². The van der Waals surface area contributed by atoms with Gasteiger partial charge in [-0.25, -0.2) is 9.97 Å². The van der Waals surface area contributed by atoms with Crippen LogP contribution in [0.5, 0.6) is 0 Å². The Morgan fingerprint density at radius 3 is 2.13 bits per heavy atom. The first-order chi connectivity index (χ1) is 6.82. The van der Waals surface area contributed by atoms with Gasteiger partial charge in [-0.15, -0.1) is 0 Å². The number of amides is 1. The topological polar surface area (TPSA) is 46.1 Å². The van der Waals surface area contributed by atoms with Crippen LogP contribution in [0.1, 0.15) is 26.3 Å². The van der Waals surface area contributed by atoms with Crippen molar-refractivity contribution in [3.8, 4) is 0 Å². The first kappa shape index (κ1) is 11.6. The van der Waals surface area contributed by atoms with Crippen molar-refractivity contribution in [2.75, 3.05) is 11.9 Å². The highest BCUT2D eigenvalue weighted by Gasteiger charge is 2.26. The summed E-state index contributed by atoms with van der Waals surface area (Å²) in [6.07, 6.45) is 3.41. The highest BCUT2D eigenvalue weighted by atomic mass is 16.2. The monoisotopic (exact) mass is 207 g/mol. The lowest BCUT2D eigenvalue weighted by molar-refractivity contribution is -0.125. The number of hydrogen-bond donors (Lipinski definition) is 0. The molecule has 0 aromatic carbocycles. The van der Waals surface area contributed by atoms with Gasteiger partial charge in [-0.05, 0) is 12.5 Å². The Kier molecular flexibility index (Phi) is 3.07. The minimum Gasteiger partial charge on any atom is -0.283 e. The van der Waals surface area contributed by atoms with Crippen molar-refractivity contribution in [3.05, 3.63) is 18.0 Å². The van der Waals surface area contributed by atoms with Crippen LogP contribution in [0.2, 0.25) is 0 Å². The van der Waals surface area contributed by atoms with Gasteiger partial charge in [0.1, 0.15) is 0 Å². The number of carbonyl (C=O) groups is 1. The van der Waals surface area contributed by atoms with Gasteiger partial charge in [0.2, 0.25) is 11.9 Å². The molecule has 4 heteroatoms. The Labute approximate surface area is 90.3 Å². The Hall–Kier alpha value is -1.45. The number of hydrogen-bond acceptors (Lipinski definition) is 3. The van der Waals surface area contributed by atoms with E-state index in [4.69, 9.17) is 0 Å². The smallest absolute Gasteiger partial charge is 0.234 e. The minimum atomic E-state index is -0.414. The van der Waals surface area contributed by atoms with E-state index in [1.54, 1.807) is 19.4 Å². The molecule has 0 aliphatic heterocycles. The first-order valence-corrected chi connectivity index (χ1v) is 4.89. The van der Waals surface area contributed by atoms with Gasteiger partial charge in [-0.1, -0.05) is 20.8 Å². The molecule has 0 saturated carbocycles. The number of aryl methyl sites for hydroxylation is 1. The molecule has 0 unspecified atom stereocenters. The van der Waals surface area contributed by atoms with Crippen LogP contribution in [0.25, 0.3) is 0 Å². The van der Waals surface area contributed by atoms with E-state index in [0.29, 0.717) is 5.95 Å². The summed E-state index contributed by atoms with van der Waals surface area (Å²) in [6, 6.07) is 0. The zero-order valence-corrected chi connectivity index (χ0v) is 9.90. The van der Waals surface area contributed by atoms with Crippen molar-refractivity contribution < 1.29 is 4.79 Å². The molecule has 0 bridgehead atoms. The summed E-state index contributed by atoms with van der Waals surface area (Å²) in [6.45, 7) is 7.54. The van der Waals surface area contributed by atoms with E-state index in [9.17, 15) is 4.79 Å². The lowest BCUT2D eigenvalue weighted by Gasteiger charge is -2.24. The predicted octanol–water partition coefficient (Wildman–Crippen LogP) is 1.79. The van der Waals surface area contributed by atoms with Crippen molar-refractivity contribution in [2.45, 2.75) is 27.7 Å². The van der Waals surface area contributed by atoms with Crippen LogP contribution in [0.15, 0.2) is 12.4 Å². The van der Waals surface area contributed by atoms with Gasteiger partial charge in [0.25, 0.3) is 0 Å². The average Bonchev–Trinajstić information content (AvgIpc) is 2.15. The van der Waals surface area contributed by atoms with Gasteiger partial charge in [0, 0.05) is 24.9 Å². The zero-order chi connectivity index (χ0) is 11.6. The van der Waals surface area contributed by atoms with Crippen LogP contribution < -0.4 is 4.90 Å². The van der Waals surface area contributed by atoms with E-state index in [1.165, 1.54) is 4.90 Å². The third-order valence-corrected chi connectivity index (χ3v) is 2.01. The fourth-order valence-corrected chi connectivity index (χ4v) is 1.15. The van der Waals surface area contributed by atoms with Crippen molar-refractivity contribution in [3.63, 3.8) is 0 Å². The molecule has 0 aliphatic carbocycles. The Morgan fingerprint density at radius 1 is 1.27 bits per heavy atom. The SMILES string of the molecule is Cc1cnc(N(C)C(=O)C(C)(C)C)nc1. The number of nitrogens with zero attached hydrogens (tertiary/aromatic N) is 3. The number of anilines is 1. The molecule has 0 fully saturated rings. The molecule has 1 heterocycles. The van der Waals surface area contributed by atoms with E-state index in [2.05, 4.69) is 9.97 Å². The summed E-state index contributed by atoms with van der Waals surface area (Å²) in [5.74, 6) is 0.451. The van der Waals surface area contributed by atoms with E-state index >= 15 is 0 Å². The van der Waals surface area contributed by atoms with Crippen LogP contribution in [0, 0.1) is 12.3 Å². The molecule has 1 amide bonds. The lowest BCUT2D eigenvalue weighted by atomic mass is 9.95. The van der Waals surface area contributed by atoms with Crippen LogP contribution in [-0.4, -0.2) is 22.9 Å². The summed E-state index contributed by atoms with van der Waals surface area (Å²) >= 11 is 0. The molecule has 4 nitrogen and oxygen atoms in total. The second kappa shape index (κ2) is 3.96. The van der Waals surface area contributed by atoms with Gasteiger partial charge >= 0.3 is 0 Å². The standard InChI is InChI=1S/C11H17N3O/c1-8-6-12-10(13-7-8)14(5)9(15)11(2,3)4/h6-7H,1-5H3. The summed E-state index contributed by atoms with van der Waals surface area (Å²) in [5, 5.41) is 0. The van der Waals surface area contributed by atoms with E-state index < -0.39 is 5.41 Å². The maximum atomic E-state index is 11.9. The van der Waals surface area contributed by atoms with Gasteiger partial charge in [0.05, 0.1) is 0 Å².